The van der Waals surface area contributed by atoms with E-state index >= 15 is 0 Å². The fourth-order valence-electron chi connectivity index (χ4n) is 2.48. The van der Waals surface area contributed by atoms with Gasteiger partial charge in [-0.2, -0.15) is 0 Å². The van der Waals surface area contributed by atoms with Gasteiger partial charge in [-0.05, 0) is 41.8 Å². The first-order valence-electron chi connectivity index (χ1n) is 6.93. The molecule has 0 unspecified atom stereocenters. The number of rotatable bonds is 4. The molecule has 0 atom stereocenters. The van der Waals surface area contributed by atoms with Crippen LogP contribution in [-0.2, 0) is 19.6 Å². The fourth-order valence-corrected chi connectivity index (χ4v) is 2.48. The zero-order chi connectivity index (χ0) is 13.8. The maximum Gasteiger partial charge on any atom is 0.123 e. The SMILES string of the molecule is COc1cccc(OCc2ccc3c(c2)CCNC3)c1. The van der Waals surface area contributed by atoms with Crippen molar-refractivity contribution in [3.63, 3.8) is 0 Å². The van der Waals surface area contributed by atoms with Gasteiger partial charge in [-0.1, -0.05) is 24.3 Å². The van der Waals surface area contributed by atoms with Gasteiger partial charge in [0.25, 0.3) is 0 Å². The van der Waals surface area contributed by atoms with Crippen molar-refractivity contribution in [3.8, 4) is 11.5 Å². The zero-order valence-electron chi connectivity index (χ0n) is 11.7. The Hall–Kier alpha value is -2.00. The summed E-state index contributed by atoms with van der Waals surface area (Å²) in [6.45, 7) is 2.63. The lowest BCUT2D eigenvalue weighted by Crippen LogP contribution is -2.23. The van der Waals surface area contributed by atoms with Gasteiger partial charge in [-0.3, -0.25) is 0 Å². The highest BCUT2D eigenvalue weighted by Crippen LogP contribution is 2.21. The molecule has 1 aliphatic rings. The van der Waals surface area contributed by atoms with Crippen molar-refractivity contribution >= 4 is 0 Å². The minimum absolute atomic E-state index is 0.591. The van der Waals surface area contributed by atoms with Gasteiger partial charge in [0.1, 0.15) is 18.1 Å². The third-order valence-corrected chi connectivity index (χ3v) is 3.60. The summed E-state index contributed by atoms with van der Waals surface area (Å²) < 4.78 is 11.0. The van der Waals surface area contributed by atoms with E-state index in [1.165, 1.54) is 16.7 Å². The van der Waals surface area contributed by atoms with Gasteiger partial charge < -0.3 is 14.8 Å². The molecule has 1 heterocycles. The van der Waals surface area contributed by atoms with Gasteiger partial charge in [0.2, 0.25) is 0 Å². The number of benzene rings is 2. The number of fused-ring (bicyclic) bond motifs is 1. The topological polar surface area (TPSA) is 30.5 Å². The van der Waals surface area contributed by atoms with Crippen molar-refractivity contribution in [1.29, 1.82) is 0 Å². The maximum absolute atomic E-state index is 5.83. The Balaban J connectivity index is 1.68. The number of ether oxygens (including phenoxy) is 2. The maximum atomic E-state index is 5.83. The molecule has 3 nitrogen and oxygen atoms in total. The lowest BCUT2D eigenvalue weighted by atomic mass is 9.99. The molecule has 1 aliphatic heterocycles. The Morgan fingerprint density at radius 1 is 1.05 bits per heavy atom. The zero-order valence-corrected chi connectivity index (χ0v) is 11.7. The van der Waals surface area contributed by atoms with Crippen LogP contribution in [0.5, 0.6) is 11.5 Å². The summed E-state index contributed by atoms with van der Waals surface area (Å²) in [5.41, 5.74) is 4.06. The number of nitrogens with one attached hydrogen (secondary N) is 1. The second-order valence-electron chi connectivity index (χ2n) is 5.00. The van der Waals surface area contributed by atoms with Crippen molar-refractivity contribution in [1.82, 2.24) is 5.32 Å². The second kappa shape index (κ2) is 5.97. The van der Waals surface area contributed by atoms with Gasteiger partial charge in [0, 0.05) is 12.6 Å². The molecule has 2 aromatic carbocycles. The molecule has 0 radical (unpaired) electrons. The van der Waals surface area contributed by atoms with Crippen LogP contribution in [0.3, 0.4) is 0 Å². The number of hydrogen-bond donors (Lipinski definition) is 1. The highest BCUT2D eigenvalue weighted by atomic mass is 16.5. The van der Waals surface area contributed by atoms with Crippen LogP contribution in [0, 0.1) is 0 Å². The second-order valence-corrected chi connectivity index (χ2v) is 5.00. The minimum Gasteiger partial charge on any atom is -0.497 e. The third-order valence-electron chi connectivity index (χ3n) is 3.60. The lowest BCUT2D eigenvalue weighted by molar-refractivity contribution is 0.303. The molecule has 0 saturated heterocycles. The quantitative estimate of drug-likeness (QED) is 0.925. The van der Waals surface area contributed by atoms with Crippen LogP contribution in [0.4, 0.5) is 0 Å². The molecule has 0 bridgehead atoms. The molecule has 1 N–H and O–H groups in total. The van der Waals surface area contributed by atoms with Gasteiger partial charge in [0.15, 0.2) is 0 Å². The van der Waals surface area contributed by atoms with Crippen LogP contribution in [0.2, 0.25) is 0 Å². The highest BCUT2D eigenvalue weighted by Gasteiger charge is 2.09. The van der Waals surface area contributed by atoms with Crippen molar-refractivity contribution in [2.75, 3.05) is 13.7 Å². The summed E-state index contributed by atoms with van der Waals surface area (Å²) in [5.74, 6) is 1.66. The predicted molar refractivity (Wildman–Crippen MR) is 79.2 cm³/mol. The summed E-state index contributed by atoms with van der Waals surface area (Å²) in [7, 11) is 1.66. The summed E-state index contributed by atoms with van der Waals surface area (Å²) in [5, 5.41) is 3.39. The van der Waals surface area contributed by atoms with Crippen LogP contribution < -0.4 is 14.8 Å². The van der Waals surface area contributed by atoms with Gasteiger partial charge >= 0.3 is 0 Å². The molecule has 0 aliphatic carbocycles. The van der Waals surface area contributed by atoms with Crippen molar-refractivity contribution < 1.29 is 9.47 Å². The lowest BCUT2D eigenvalue weighted by Gasteiger charge is -2.18. The largest absolute Gasteiger partial charge is 0.497 e. The van der Waals surface area contributed by atoms with E-state index in [0.29, 0.717) is 6.61 Å². The van der Waals surface area contributed by atoms with Gasteiger partial charge in [0.05, 0.1) is 7.11 Å². The molecular formula is C17H19NO2. The Kier molecular flexibility index (Phi) is 3.88. The van der Waals surface area contributed by atoms with E-state index in [2.05, 4.69) is 23.5 Å². The number of hydrogen-bond acceptors (Lipinski definition) is 3. The smallest absolute Gasteiger partial charge is 0.123 e. The van der Waals surface area contributed by atoms with E-state index in [0.717, 1.165) is 31.0 Å². The van der Waals surface area contributed by atoms with Gasteiger partial charge in [-0.25, -0.2) is 0 Å². The van der Waals surface area contributed by atoms with Crippen LogP contribution in [0.25, 0.3) is 0 Å². The standard InChI is InChI=1S/C17H19NO2/c1-19-16-3-2-4-17(10-16)20-12-13-5-6-15-11-18-8-7-14(15)9-13/h2-6,9-10,18H,7-8,11-12H2,1H3. The van der Waals surface area contributed by atoms with Crippen LogP contribution in [0.15, 0.2) is 42.5 Å². The first-order chi connectivity index (χ1) is 9.85. The summed E-state index contributed by atoms with van der Waals surface area (Å²) >= 11 is 0. The molecule has 3 rings (SSSR count). The normalized spacial score (nSPS) is 13.7. The summed E-state index contributed by atoms with van der Waals surface area (Å²) in [4.78, 5) is 0. The van der Waals surface area contributed by atoms with Crippen LogP contribution in [-0.4, -0.2) is 13.7 Å². The monoisotopic (exact) mass is 269 g/mol. The van der Waals surface area contributed by atoms with Crippen LogP contribution in [0.1, 0.15) is 16.7 Å². The Labute approximate surface area is 119 Å². The van der Waals surface area contributed by atoms with E-state index in [1.807, 2.05) is 24.3 Å². The Morgan fingerprint density at radius 2 is 1.95 bits per heavy atom. The molecule has 3 heteroatoms. The fraction of sp³-hybridized carbons (Fsp3) is 0.294. The van der Waals surface area contributed by atoms with Crippen molar-refractivity contribution in [2.45, 2.75) is 19.6 Å². The Bertz CT molecular complexity index is 595. The van der Waals surface area contributed by atoms with Crippen LogP contribution >= 0.6 is 0 Å². The minimum atomic E-state index is 0.591. The van der Waals surface area contributed by atoms with E-state index < -0.39 is 0 Å². The number of methoxy groups -OCH3 is 1. The molecule has 0 fully saturated rings. The highest BCUT2D eigenvalue weighted by molar-refractivity contribution is 5.35. The molecule has 0 amide bonds. The average Bonchev–Trinajstić information content (AvgIpc) is 2.53. The molecular weight excluding hydrogens is 250 g/mol. The summed E-state index contributed by atoms with van der Waals surface area (Å²) in [6.07, 6.45) is 1.10. The molecule has 0 aromatic heterocycles. The molecule has 2 aromatic rings. The predicted octanol–water partition coefficient (Wildman–Crippen LogP) is 2.92. The molecule has 0 saturated carbocycles. The summed E-state index contributed by atoms with van der Waals surface area (Å²) in [6, 6.07) is 14.3. The molecule has 104 valence electrons. The van der Waals surface area contributed by atoms with Gasteiger partial charge in [-0.15, -0.1) is 0 Å². The molecule has 0 spiro atoms. The van der Waals surface area contributed by atoms with E-state index in [9.17, 15) is 0 Å². The van der Waals surface area contributed by atoms with Crippen molar-refractivity contribution in [2.24, 2.45) is 0 Å². The molecule has 20 heavy (non-hydrogen) atoms. The van der Waals surface area contributed by atoms with E-state index in [1.54, 1.807) is 7.11 Å². The Morgan fingerprint density at radius 3 is 2.85 bits per heavy atom. The average molecular weight is 269 g/mol. The van der Waals surface area contributed by atoms with E-state index in [-0.39, 0.29) is 0 Å². The van der Waals surface area contributed by atoms with E-state index in [4.69, 9.17) is 9.47 Å². The third kappa shape index (κ3) is 2.94. The van der Waals surface area contributed by atoms with Crippen molar-refractivity contribution in [3.05, 3.63) is 59.2 Å². The first-order valence-corrected chi connectivity index (χ1v) is 6.93. The first kappa shape index (κ1) is 13.0.